The summed E-state index contributed by atoms with van der Waals surface area (Å²) in [6.07, 6.45) is 1.95. The molecule has 1 rings (SSSR count). The molecule has 0 saturated carbocycles. The van der Waals surface area contributed by atoms with Gasteiger partial charge in [0.1, 0.15) is 0 Å². The van der Waals surface area contributed by atoms with Gasteiger partial charge in [0.25, 0.3) is 0 Å². The smallest absolute Gasteiger partial charge is 0.0666 e. The van der Waals surface area contributed by atoms with E-state index in [9.17, 15) is 0 Å². The minimum Gasteiger partial charge on any atom is -0.330 e. The van der Waals surface area contributed by atoms with E-state index in [1.54, 1.807) is 0 Å². The molecule has 0 radical (unpaired) electrons. The summed E-state index contributed by atoms with van der Waals surface area (Å²) in [4.78, 5) is 0. The van der Waals surface area contributed by atoms with Gasteiger partial charge < -0.3 is 5.73 Å². The summed E-state index contributed by atoms with van der Waals surface area (Å²) in [7, 11) is 0. The van der Waals surface area contributed by atoms with Crippen LogP contribution in [-0.4, -0.2) is 16.7 Å². The lowest BCUT2D eigenvalue weighted by Crippen LogP contribution is -2.04. The van der Waals surface area contributed by atoms with Gasteiger partial charge in [-0.1, -0.05) is 13.8 Å². The molecule has 1 aromatic heterocycles. The first-order valence-electron chi connectivity index (χ1n) is 4.88. The Balaban J connectivity index is 2.74. The Hall–Kier alpha value is -0.830. The number of aromatic amines is 1. The van der Waals surface area contributed by atoms with Crippen LogP contribution < -0.4 is 5.73 Å². The third-order valence-electron chi connectivity index (χ3n) is 2.20. The van der Waals surface area contributed by atoms with E-state index in [4.69, 9.17) is 5.73 Å². The molecule has 0 bridgehead atoms. The van der Waals surface area contributed by atoms with Crippen molar-refractivity contribution in [1.82, 2.24) is 10.2 Å². The van der Waals surface area contributed by atoms with Crippen molar-refractivity contribution in [3.8, 4) is 0 Å². The van der Waals surface area contributed by atoms with Crippen molar-refractivity contribution in [2.45, 2.75) is 33.6 Å². The molecule has 3 nitrogen and oxygen atoms in total. The summed E-state index contributed by atoms with van der Waals surface area (Å²) in [5, 5.41) is 7.34. The molecule has 3 heteroatoms. The van der Waals surface area contributed by atoms with Crippen molar-refractivity contribution in [2.24, 2.45) is 11.7 Å². The number of rotatable bonds is 4. The number of hydrogen-bond donors (Lipinski definition) is 2. The van der Waals surface area contributed by atoms with E-state index in [1.165, 1.54) is 11.3 Å². The first-order valence-corrected chi connectivity index (χ1v) is 4.88. The Morgan fingerprint density at radius 1 is 1.46 bits per heavy atom. The van der Waals surface area contributed by atoms with Gasteiger partial charge in [0.05, 0.1) is 5.69 Å². The van der Waals surface area contributed by atoms with Gasteiger partial charge in [0, 0.05) is 12.1 Å². The van der Waals surface area contributed by atoms with Gasteiger partial charge in [-0.3, -0.25) is 5.10 Å². The molecule has 13 heavy (non-hydrogen) atoms. The van der Waals surface area contributed by atoms with Crippen molar-refractivity contribution >= 4 is 0 Å². The van der Waals surface area contributed by atoms with E-state index in [0.717, 1.165) is 18.5 Å². The molecule has 0 aliphatic carbocycles. The lowest BCUT2D eigenvalue weighted by molar-refractivity contribution is 0.631. The second-order valence-electron chi connectivity index (χ2n) is 3.91. The van der Waals surface area contributed by atoms with Crippen LogP contribution in [0.15, 0.2) is 0 Å². The van der Waals surface area contributed by atoms with Crippen molar-refractivity contribution in [3.05, 3.63) is 17.0 Å². The minimum atomic E-state index is 0.671. The van der Waals surface area contributed by atoms with Gasteiger partial charge in [-0.2, -0.15) is 5.10 Å². The maximum atomic E-state index is 5.49. The first kappa shape index (κ1) is 10.3. The van der Waals surface area contributed by atoms with Crippen LogP contribution >= 0.6 is 0 Å². The second-order valence-corrected chi connectivity index (χ2v) is 3.91. The maximum Gasteiger partial charge on any atom is 0.0666 e. The lowest BCUT2D eigenvalue weighted by atomic mass is 10.0. The summed E-state index contributed by atoms with van der Waals surface area (Å²) in [5.41, 5.74) is 9.16. The van der Waals surface area contributed by atoms with Gasteiger partial charge in [-0.15, -0.1) is 0 Å². The van der Waals surface area contributed by atoms with E-state index >= 15 is 0 Å². The average Bonchev–Trinajstić information content (AvgIpc) is 2.36. The molecule has 74 valence electrons. The van der Waals surface area contributed by atoms with Crippen LogP contribution in [0.1, 0.15) is 30.8 Å². The highest BCUT2D eigenvalue weighted by molar-refractivity contribution is 5.24. The number of aromatic nitrogens is 2. The molecule has 0 fully saturated rings. The topological polar surface area (TPSA) is 54.7 Å². The molecule has 0 atom stereocenters. The Labute approximate surface area is 79.7 Å². The van der Waals surface area contributed by atoms with Gasteiger partial charge >= 0.3 is 0 Å². The number of H-pyrrole nitrogens is 1. The summed E-state index contributed by atoms with van der Waals surface area (Å²) < 4.78 is 0. The van der Waals surface area contributed by atoms with Crippen molar-refractivity contribution in [2.75, 3.05) is 6.54 Å². The Kier molecular flexibility index (Phi) is 3.48. The third-order valence-corrected chi connectivity index (χ3v) is 2.20. The monoisotopic (exact) mass is 181 g/mol. The molecule has 0 unspecified atom stereocenters. The SMILES string of the molecule is Cc1c(CCN)n[nH]c1CC(C)C. The largest absolute Gasteiger partial charge is 0.330 e. The molecule has 0 saturated heterocycles. The van der Waals surface area contributed by atoms with Crippen LogP contribution in [0.5, 0.6) is 0 Å². The Morgan fingerprint density at radius 2 is 2.15 bits per heavy atom. The molecule has 0 amide bonds. The Morgan fingerprint density at radius 3 is 2.69 bits per heavy atom. The summed E-state index contributed by atoms with van der Waals surface area (Å²) in [6.45, 7) is 7.21. The molecular formula is C10H19N3. The molecule has 0 spiro atoms. The third kappa shape index (κ3) is 2.56. The predicted octanol–water partition coefficient (Wildman–Crippen LogP) is 1.42. The standard InChI is InChI=1S/C10H19N3/c1-7(2)6-10-8(3)9(4-5-11)12-13-10/h7H,4-6,11H2,1-3H3,(H,12,13). The quantitative estimate of drug-likeness (QED) is 0.738. The lowest BCUT2D eigenvalue weighted by Gasteiger charge is -2.02. The van der Waals surface area contributed by atoms with Crippen LogP contribution in [0.25, 0.3) is 0 Å². The highest BCUT2D eigenvalue weighted by Gasteiger charge is 2.08. The molecule has 1 aromatic rings. The number of nitrogens with zero attached hydrogens (tertiary/aromatic N) is 1. The highest BCUT2D eigenvalue weighted by atomic mass is 15.1. The zero-order valence-corrected chi connectivity index (χ0v) is 8.72. The van der Waals surface area contributed by atoms with Gasteiger partial charge in [-0.05, 0) is 31.4 Å². The molecular weight excluding hydrogens is 162 g/mol. The molecule has 0 aliphatic heterocycles. The van der Waals surface area contributed by atoms with Gasteiger partial charge in [0.15, 0.2) is 0 Å². The molecule has 3 N–H and O–H groups in total. The van der Waals surface area contributed by atoms with Crippen LogP contribution in [-0.2, 0) is 12.8 Å². The van der Waals surface area contributed by atoms with E-state index in [2.05, 4.69) is 31.0 Å². The van der Waals surface area contributed by atoms with E-state index in [-0.39, 0.29) is 0 Å². The molecule has 0 aromatic carbocycles. The zero-order chi connectivity index (χ0) is 9.84. The predicted molar refractivity (Wildman–Crippen MR) is 54.6 cm³/mol. The summed E-state index contributed by atoms with van der Waals surface area (Å²) in [5.74, 6) is 0.671. The fourth-order valence-corrected chi connectivity index (χ4v) is 1.46. The number of nitrogens with two attached hydrogens (primary N) is 1. The molecule has 0 aliphatic rings. The van der Waals surface area contributed by atoms with Crippen molar-refractivity contribution in [3.63, 3.8) is 0 Å². The highest BCUT2D eigenvalue weighted by Crippen LogP contribution is 2.13. The Bertz CT molecular complexity index is 263. The fraction of sp³-hybridized carbons (Fsp3) is 0.700. The number of hydrogen-bond acceptors (Lipinski definition) is 2. The van der Waals surface area contributed by atoms with Crippen LogP contribution in [0, 0.1) is 12.8 Å². The zero-order valence-electron chi connectivity index (χ0n) is 8.72. The van der Waals surface area contributed by atoms with Gasteiger partial charge in [0.2, 0.25) is 0 Å². The second kappa shape index (κ2) is 4.42. The minimum absolute atomic E-state index is 0.671. The van der Waals surface area contributed by atoms with E-state index in [1.807, 2.05) is 0 Å². The number of nitrogens with one attached hydrogen (secondary N) is 1. The summed E-state index contributed by atoms with van der Waals surface area (Å²) >= 11 is 0. The summed E-state index contributed by atoms with van der Waals surface area (Å²) in [6, 6.07) is 0. The van der Waals surface area contributed by atoms with Gasteiger partial charge in [-0.25, -0.2) is 0 Å². The normalized spacial score (nSPS) is 11.2. The van der Waals surface area contributed by atoms with Crippen LogP contribution in [0.2, 0.25) is 0 Å². The fourth-order valence-electron chi connectivity index (χ4n) is 1.46. The van der Waals surface area contributed by atoms with E-state index < -0.39 is 0 Å². The van der Waals surface area contributed by atoms with Crippen molar-refractivity contribution < 1.29 is 0 Å². The maximum absolute atomic E-state index is 5.49. The first-order chi connectivity index (χ1) is 6.15. The van der Waals surface area contributed by atoms with Crippen molar-refractivity contribution in [1.29, 1.82) is 0 Å². The molecule has 1 heterocycles. The van der Waals surface area contributed by atoms with Crippen LogP contribution in [0.4, 0.5) is 0 Å². The van der Waals surface area contributed by atoms with E-state index in [0.29, 0.717) is 12.5 Å². The average molecular weight is 181 g/mol. The van der Waals surface area contributed by atoms with Crippen LogP contribution in [0.3, 0.4) is 0 Å².